The molecule has 82 valence electrons. The molecule has 15 heavy (non-hydrogen) atoms. The fourth-order valence-electron chi connectivity index (χ4n) is 2.08. The third-order valence-electron chi connectivity index (χ3n) is 3.00. The van der Waals surface area contributed by atoms with Gasteiger partial charge in [0.25, 0.3) is 0 Å². The van der Waals surface area contributed by atoms with Gasteiger partial charge in [0.05, 0.1) is 9.50 Å². The van der Waals surface area contributed by atoms with E-state index in [1.807, 2.05) is 6.07 Å². The highest BCUT2D eigenvalue weighted by atomic mass is 79.9. The van der Waals surface area contributed by atoms with Gasteiger partial charge in [-0.3, -0.25) is 0 Å². The van der Waals surface area contributed by atoms with Gasteiger partial charge in [-0.05, 0) is 53.9 Å². The summed E-state index contributed by atoms with van der Waals surface area (Å²) in [6.07, 6.45) is 2.14. The van der Waals surface area contributed by atoms with Crippen LogP contribution in [-0.2, 0) is 5.54 Å². The normalized spacial score (nSPS) is 25.9. The largest absolute Gasteiger partial charge is 0.308 e. The quantitative estimate of drug-likeness (QED) is 0.776. The average molecular weight is 293 g/mol. The summed E-state index contributed by atoms with van der Waals surface area (Å²) in [5, 5.41) is 3.56. The van der Waals surface area contributed by atoms with Crippen LogP contribution in [-0.4, -0.2) is 6.54 Å². The molecule has 4 heteroatoms. The molecule has 1 atom stereocenters. The maximum absolute atomic E-state index is 13.6. The van der Waals surface area contributed by atoms with Gasteiger partial charge in [0.15, 0.2) is 5.82 Å². The second-order valence-electron chi connectivity index (χ2n) is 4.09. The fraction of sp³-hybridized carbons (Fsp3) is 0.455. The summed E-state index contributed by atoms with van der Waals surface area (Å²) < 4.78 is 14.1. The maximum Gasteiger partial charge on any atom is 0.156 e. The van der Waals surface area contributed by atoms with Crippen molar-refractivity contribution in [1.82, 2.24) is 5.32 Å². The standard InChI is InChI=1S/C11H12BrClFN/c1-11(5-2-6-15-11)7-3-4-8(13)10(14)9(7)12/h3-4,15H,2,5-6H2,1H3. The van der Waals surface area contributed by atoms with Crippen LogP contribution < -0.4 is 5.32 Å². The van der Waals surface area contributed by atoms with Gasteiger partial charge in [-0.15, -0.1) is 0 Å². The summed E-state index contributed by atoms with van der Waals surface area (Å²) in [5.41, 5.74) is 0.812. The Labute approximate surface area is 102 Å². The Morgan fingerprint density at radius 1 is 1.53 bits per heavy atom. The first-order valence-electron chi connectivity index (χ1n) is 4.93. The molecule has 1 aliphatic rings. The molecule has 1 unspecified atom stereocenters. The van der Waals surface area contributed by atoms with E-state index in [-0.39, 0.29) is 16.4 Å². The predicted octanol–water partition coefficient (Wildman–Crippen LogP) is 3.84. The molecule has 0 aromatic heterocycles. The van der Waals surface area contributed by atoms with Gasteiger partial charge < -0.3 is 5.32 Å². The van der Waals surface area contributed by atoms with Gasteiger partial charge in [-0.1, -0.05) is 17.7 Å². The van der Waals surface area contributed by atoms with Gasteiger partial charge in [-0.25, -0.2) is 4.39 Å². The summed E-state index contributed by atoms with van der Waals surface area (Å²) in [4.78, 5) is 0. The molecule has 1 fully saturated rings. The van der Waals surface area contributed by atoms with Gasteiger partial charge in [0.1, 0.15) is 0 Å². The molecule has 0 bridgehead atoms. The highest BCUT2D eigenvalue weighted by Crippen LogP contribution is 2.37. The Balaban J connectivity index is 2.49. The van der Waals surface area contributed by atoms with Crippen molar-refractivity contribution in [3.8, 4) is 0 Å². The molecule has 0 amide bonds. The number of nitrogens with one attached hydrogen (secondary N) is 1. The van der Waals surface area contributed by atoms with Crippen LogP contribution in [0.25, 0.3) is 0 Å². The highest BCUT2D eigenvalue weighted by molar-refractivity contribution is 9.10. The second-order valence-corrected chi connectivity index (χ2v) is 5.29. The van der Waals surface area contributed by atoms with Crippen molar-refractivity contribution in [2.45, 2.75) is 25.3 Å². The van der Waals surface area contributed by atoms with Crippen LogP contribution in [0.1, 0.15) is 25.3 Å². The van der Waals surface area contributed by atoms with E-state index in [1.165, 1.54) is 0 Å². The van der Waals surface area contributed by atoms with Crippen LogP contribution in [0.2, 0.25) is 5.02 Å². The van der Waals surface area contributed by atoms with E-state index < -0.39 is 0 Å². The number of rotatable bonds is 1. The van der Waals surface area contributed by atoms with Crippen molar-refractivity contribution >= 4 is 27.5 Å². The van der Waals surface area contributed by atoms with Crippen molar-refractivity contribution in [3.63, 3.8) is 0 Å². The van der Waals surface area contributed by atoms with E-state index in [0.717, 1.165) is 24.9 Å². The van der Waals surface area contributed by atoms with E-state index in [4.69, 9.17) is 11.6 Å². The molecule has 0 radical (unpaired) electrons. The Hall–Kier alpha value is -0.120. The first-order valence-corrected chi connectivity index (χ1v) is 6.11. The van der Waals surface area contributed by atoms with Crippen molar-refractivity contribution in [3.05, 3.63) is 33.0 Å². The zero-order chi connectivity index (χ0) is 11.1. The zero-order valence-electron chi connectivity index (χ0n) is 8.41. The second kappa shape index (κ2) is 4.04. The maximum atomic E-state index is 13.6. The molecule has 1 nitrogen and oxygen atoms in total. The number of halogens is 3. The lowest BCUT2D eigenvalue weighted by Gasteiger charge is -2.26. The van der Waals surface area contributed by atoms with E-state index in [1.54, 1.807) is 6.07 Å². The third kappa shape index (κ3) is 1.93. The summed E-state index contributed by atoms with van der Waals surface area (Å²) >= 11 is 8.99. The summed E-state index contributed by atoms with van der Waals surface area (Å²) in [5.74, 6) is -0.371. The zero-order valence-corrected chi connectivity index (χ0v) is 10.8. The lowest BCUT2D eigenvalue weighted by molar-refractivity contribution is 0.429. The van der Waals surface area contributed by atoms with E-state index in [0.29, 0.717) is 4.47 Å². The molecule has 1 aromatic carbocycles. The molecule has 1 heterocycles. The highest BCUT2D eigenvalue weighted by Gasteiger charge is 2.32. The molecule has 1 saturated heterocycles. The van der Waals surface area contributed by atoms with Crippen molar-refractivity contribution in [2.24, 2.45) is 0 Å². The smallest absolute Gasteiger partial charge is 0.156 e. The van der Waals surface area contributed by atoms with Gasteiger partial charge >= 0.3 is 0 Å². The summed E-state index contributed by atoms with van der Waals surface area (Å²) in [6.45, 7) is 3.07. The Kier molecular flexibility index (Phi) is 3.06. The molecule has 0 spiro atoms. The third-order valence-corrected chi connectivity index (χ3v) is 4.07. The number of hydrogen-bond donors (Lipinski definition) is 1. The molecule has 1 N–H and O–H groups in total. The molecule has 0 saturated carbocycles. The molecule has 2 rings (SSSR count). The SMILES string of the molecule is CC1(c2ccc(Cl)c(F)c2Br)CCCN1. The molecular formula is C11H12BrClFN. The van der Waals surface area contributed by atoms with Crippen molar-refractivity contribution in [1.29, 1.82) is 0 Å². The average Bonchev–Trinajstić information content (AvgIpc) is 2.62. The van der Waals surface area contributed by atoms with E-state index >= 15 is 0 Å². The van der Waals surface area contributed by atoms with Crippen LogP contribution >= 0.6 is 27.5 Å². The Morgan fingerprint density at radius 3 is 2.87 bits per heavy atom. The molecule has 1 aromatic rings. The molecule has 1 aliphatic heterocycles. The monoisotopic (exact) mass is 291 g/mol. The lowest BCUT2D eigenvalue weighted by atomic mass is 9.90. The Bertz CT molecular complexity index is 388. The van der Waals surface area contributed by atoms with E-state index in [2.05, 4.69) is 28.2 Å². The van der Waals surface area contributed by atoms with Crippen LogP contribution in [0.3, 0.4) is 0 Å². The molecule has 0 aliphatic carbocycles. The minimum atomic E-state index is -0.371. The predicted molar refractivity (Wildman–Crippen MR) is 63.7 cm³/mol. The molecular weight excluding hydrogens is 280 g/mol. The van der Waals surface area contributed by atoms with Crippen LogP contribution in [0.15, 0.2) is 16.6 Å². The van der Waals surface area contributed by atoms with E-state index in [9.17, 15) is 4.39 Å². The van der Waals surface area contributed by atoms with Crippen LogP contribution in [0.4, 0.5) is 4.39 Å². The number of benzene rings is 1. The van der Waals surface area contributed by atoms with Crippen molar-refractivity contribution < 1.29 is 4.39 Å². The fourth-order valence-corrected chi connectivity index (χ4v) is 3.13. The lowest BCUT2D eigenvalue weighted by Crippen LogP contribution is -2.33. The van der Waals surface area contributed by atoms with Gasteiger partial charge in [0, 0.05) is 5.54 Å². The van der Waals surface area contributed by atoms with Crippen LogP contribution in [0, 0.1) is 5.82 Å². The Morgan fingerprint density at radius 2 is 2.27 bits per heavy atom. The minimum absolute atomic E-state index is 0.135. The van der Waals surface area contributed by atoms with Crippen LogP contribution in [0.5, 0.6) is 0 Å². The summed E-state index contributed by atoms with van der Waals surface area (Å²) in [7, 11) is 0. The van der Waals surface area contributed by atoms with Crippen molar-refractivity contribution in [2.75, 3.05) is 6.54 Å². The minimum Gasteiger partial charge on any atom is -0.308 e. The first-order chi connectivity index (χ1) is 7.04. The number of hydrogen-bond acceptors (Lipinski definition) is 1. The van der Waals surface area contributed by atoms with Gasteiger partial charge in [-0.2, -0.15) is 0 Å². The van der Waals surface area contributed by atoms with Gasteiger partial charge in [0.2, 0.25) is 0 Å². The summed E-state index contributed by atoms with van der Waals surface area (Å²) in [6, 6.07) is 3.50. The topological polar surface area (TPSA) is 12.0 Å². The first kappa shape index (κ1) is 11.4.